The largest absolute Gasteiger partial charge is 0.480 e. The summed E-state index contributed by atoms with van der Waals surface area (Å²) in [5.41, 5.74) is -0.278. The summed E-state index contributed by atoms with van der Waals surface area (Å²) in [4.78, 5) is 25.5. The summed E-state index contributed by atoms with van der Waals surface area (Å²) in [5.74, 6) is -1.83. The number of carbonyl (C=O) groups excluding carboxylic acids is 1. The van der Waals surface area contributed by atoms with Crippen LogP contribution in [0.3, 0.4) is 0 Å². The lowest BCUT2D eigenvalue weighted by molar-refractivity contribution is -0.156. The Balaban J connectivity index is 2.12. The third-order valence-corrected chi connectivity index (χ3v) is 4.92. The van der Waals surface area contributed by atoms with Crippen LogP contribution >= 0.6 is 15.9 Å². The number of hydrogen-bond donors (Lipinski definition) is 1. The van der Waals surface area contributed by atoms with E-state index in [1.807, 2.05) is 0 Å². The highest BCUT2D eigenvalue weighted by Gasteiger charge is 2.46. The number of carboxylic acid groups (broad SMARTS) is 1. The van der Waals surface area contributed by atoms with Crippen LogP contribution in [0.1, 0.15) is 32.3 Å². The first-order valence-electron chi connectivity index (χ1n) is 7.24. The van der Waals surface area contributed by atoms with Crippen LogP contribution < -0.4 is 0 Å². The Kier molecular flexibility index (Phi) is 4.90. The van der Waals surface area contributed by atoms with E-state index < -0.39 is 11.5 Å². The quantitative estimate of drug-likeness (QED) is 0.883. The Morgan fingerprint density at radius 1 is 1.50 bits per heavy atom. The fraction of sp³-hybridized carbons (Fsp3) is 0.500. The lowest BCUT2D eigenvalue weighted by Crippen LogP contribution is -2.52. The first-order valence-corrected chi connectivity index (χ1v) is 8.04. The van der Waals surface area contributed by atoms with Gasteiger partial charge in [-0.2, -0.15) is 0 Å². The molecule has 1 N–H and O–H groups in total. The molecule has 1 aliphatic rings. The van der Waals surface area contributed by atoms with E-state index in [0.29, 0.717) is 30.3 Å². The van der Waals surface area contributed by atoms with Gasteiger partial charge in [0.2, 0.25) is 5.91 Å². The van der Waals surface area contributed by atoms with Crippen LogP contribution in [0.5, 0.6) is 0 Å². The van der Waals surface area contributed by atoms with E-state index in [-0.39, 0.29) is 17.6 Å². The second-order valence-electron chi connectivity index (χ2n) is 6.03. The highest BCUT2D eigenvalue weighted by Crippen LogP contribution is 2.31. The van der Waals surface area contributed by atoms with Crippen molar-refractivity contribution in [2.24, 2.45) is 5.92 Å². The molecule has 0 spiro atoms. The summed E-state index contributed by atoms with van der Waals surface area (Å²) in [7, 11) is 0. The zero-order valence-electron chi connectivity index (χ0n) is 12.6. The van der Waals surface area contributed by atoms with Crippen molar-refractivity contribution in [2.75, 3.05) is 6.54 Å². The van der Waals surface area contributed by atoms with Gasteiger partial charge in [0.25, 0.3) is 0 Å². The fourth-order valence-corrected chi connectivity index (χ4v) is 3.34. The average molecular weight is 372 g/mol. The van der Waals surface area contributed by atoms with E-state index in [1.165, 1.54) is 11.0 Å². The smallest absolute Gasteiger partial charge is 0.329 e. The number of amides is 1. The second-order valence-corrected chi connectivity index (χ2v) is 6.88. The number of benzene rings is 1. The Morgan fingerprint density at radius 3 is 2.77 bits per heavy atom. The van der Waals surface area contributed by atoms with Crippen LogP contribution in [0.25, 0.3) is 0 Å². The molecule has 22 heavy (non-hydrogen) atoms. The normalized spacial score (nSPS) is 22.6. The monoisotopic (exact) mass is 371 g/mol. The van der Waals surface area contributed by atoms with E-state index in [0.717, 1.165) is 5.56 Å². The van der Waals surface area contributed by atoms with Crippen molar-refractivity contribution >= 4 is 27.8 Å². The van der Waals surface area contributed by atoms with Gasteiger partial charge < -0.3 is 10.0 Å². The summed E-state index contributed by atoms with van der Waals surface area (Å²) in [6.45, 7) is 3.85. The summed E-state index contributed by atoms with van der Waals surface area (Å²) < 4.78 is 13.6. The molecule has 0 saturated carbocycles. The van der Waals surface area contributed by atoms with Gasteiger partial charge in [-0.15, -0.1) is 0 Å². The summed E-state index contributed by atoms with van der Waals surface area (Å²) in [5, 5.41) is 9.39. The maximum Gasteiger partial charge on any atom is 0.329 e. The molecule has 0 bridgehead atoms. The van der Waals surface area contributed by atoms with Crippen molar-refractivity contribution in [3.8, 4) is 0 Å². The molecule has 0 aromatic heterocycles. The molecule has 1 aromatic rings. The first kappa shape index (κ1) is 16.9. The van der Waals surface area contributed by atoms with Crippen molar-refractivity contribution in [3.63, 3.8) is 0 Å². The van der Waals surface area contributed by atoms with Crippen LogP contribution in [0, 0.1) is 11.7 Å². The maximum absolute atomic E-state index is 13.2. The minimum Gasteiger partial charge on any atom is -0.480 e. The number of rotatable bonds is 4. The predicted molar refractivity (Wildman–Crippen MR) is 84.0 cm³/mol. The number of carbonyl (C=O) groups is 2. The standard InChI is InChI=1S/C16H19BrFNO3/c1-10(8-11-4-5-13(18)12(17)9-11)14(20)19-7-3-6-16(19,2)15(21)22/h4-5,9-10H,3,6-8H2,1-2H3,(H,21,22). The molecular weight excluding hydrogens is 353 g/mol. The van der Waals surface area contributed by atoms with Crippen LogP contribution in [0.4, 0.5) is 4.39 Å². The molecule has 1 aromatic carbocycles. The van der Waals surface area contributed by atoms with Gasteiger partial charge in [0, 0.05) is 12.5 Å². The van der Waals surface area contributed by atoms with E-state index >= 15 is 0 Å². The zero-order chi connectivity index (χ0) is 16.5. The Hall–Kier alpha value is -1.43. The van der Waals surface area contributed by atoms with Gasteiger partial charge in [-0.05, 0) is 59.8 Å². The molecular formula is C16H19BrFNO3. The van der Waals surface area contributed by atoms with Crippen LogP contribution in [0.15, 0.2) is 22.7 Å². The number of carboxylic acids is 1. The van der Waals surface area contributed by atoms with Crippen LogP contribution in [0.2, 0.25) is 0 Å². The van der Waals surface area contributed by atoms with Gasteiger partial charge in [-0.3, -0.25) is 4.79 Å². The Bertz CT molecular complexity index is 607. The van der Waals surface area contributed by atoms with Crippen molar-refractivity contribution in [3.05, 3.63) is 34.1 Å². The molecule has 2 rings (SSSR count). The lowest BCUT2D eigenvalue weighted by atomic mass is 9.95. The van der Waals surface area contributed by atoms with Crippen molar-refractivity contribution in [1.82, 2.24) is 4.90 Å². The minimum absolute atomic E-state index is 0.164. The van der Waals surface area contributed by atoms with E-state index in [2.05, 4.69) is 15.9 Å². The van der Waals surface area contributed by atoms with Gasteiger partial charge in [0.1, 0.15) is 11.4 Å². The third kappa shape index (κ3) is 3.16. The van der Waals surface area contributed by atoms with Gasteiger partial charge in [0.05, 0.1) is 4.47 Å². The number of nitrogens with zero attached hydrogens (tertiary/aromatic N) is 1. The SMILES string of the molecule is CC(Cc1ccc(F)c(Br)c1)C(=O)N1CCCC1(C)C(=O)O. The molecule has 1 heterocycles. The van der Waals surface area contributed by atoms with Crippen molar-refractivity contribution in [1.29, 1.82) is 0 Å². The predicted octanol–water partition coefficient (Wildman–Crippen LogP) is 3.23. The topological polar surface area (TPSA) is 57.6 Å². The zero-order valence-corrected chi connectivity index (χ0v) is 14.2. The molecule has 120 valence electrons. The molecule has 0 aliphatic carbocycles. The molecule has 1 aliphatic heterocycles. The average Bonchev–Trinajstić information content (AvgIpc) is 2.85. The number of halogens is 2. The van der Waals surface area contributed by atoms with E-state index in [4.69, 9.17) is 0 Å². The molecule has 2 unspecified atom stereocenters. The fourth-order valence-electron chi connectivity index (χ4n) is 2.91. The molecule has 1 saturated heterocycles. The molecule has 6 heteroatoms. The second kappa shape index (κ2) is 6.36. The number of likely N-dealkylation sites (tertiary alicyclic amines) is 1. The van der Waals surface area contributed by atoms with Gasteiger partial charge in [-0.1, -0.05) is 13.0 Å². The van der Waals surface area contributed by atoms with E-state index in [9.17, 15) is 19.1 Å². The van der Waals surface area contributed by atoms with Crippen molar-refractivity contribution < 1.29 is 19.1 Å². The van der Waals surface area contributed by atoms with Gasteiger partial charge in [0.15, 0.2) is 0 Å². The summed E-state index contributed by atoms with van der Waals surface area (Å²) in [6.07, 6.45) is 1.62. The third-order valence-electron chi connectivity index (χ3n) is 4.32. The molecule has 4 nitrogen and oxygen atoms in total. The Labute approximate surface area is 137 Å². The maximum atomic E-state index is 13.2. The van der Waals surface area contributed by atoms with Crippen molar-refractivity contribution in [2.45, 2.75) is 38.6 Å². The minimum atomic E-state index is -1.12. The van der Waals surface area contributed by atoms with E-state index in [1.54, 1.807) is 26.0 Å². The molecule has 2 atom stereocenters. The molecule has 1 fully saturated rings. The highest BCUT2D eigenvalue weighted by molar-refractivity contribution is 9.10. The highest BCUT2D eigenvalue weighted by atomic mass is 79.9. The van der Waals surface area contributed by atoms with Gasteiger partial charge >= 0.3 is 5.97 Å². The van der Waals surface area contributed by atoms with Crippen LogP contribution in [-0.2, 0) is 16.0 Å². The molecule has 0 radical (unpaired) electrons. The van der Waals surface area contributed by atoms with Gasteiger partial charge in [-0.25, -0.2) is 9.18 Å². The number of aliphatic carboxylic acids is 1. The molecule has 1 amide bonds. The first-order chi connectivity index (χ1) is 10.3. The Morgan fingerprint density at radius 2 is 2.18 bits per heavy atom. The van der Waals surface area contributed by atoms with Crippen LogP contribution in [-0.4, -0.2) is 34.0 Å². The lowest BCUT2D eigenvalue weighted by Gasteiger charge is -2.33. The summed E-state index contributed by atoms with van der Waals surface area (Å²) in [6, 6.07) is 4.65. The number of hydrogen-bond acceptors (Lipinski definition) is 2. The summed E-state index contributed by atoms with van der Waals surface area (Å²) >= 11 is 3.13.